The Morgan fingerprint density at radius 2 is 1.93 bits per heavy atom. The van der Waals surface area contributed by atoms with E-state index in [0.717, 1.165) is 30.9 Å². The van der Waals surface area contributed by atoms with Gasteiger partial charge in [0.25, 0.3) is 0 Å². The number of aromatic nitrogens is 2. The molecule has 1 aromatic rings. The summed E-state index contributed by atoms with van der Waals surface area (Å²) in [5.74, 6) is 2.23. The zero-order chi connectivity index (χ0) is 10.8. The van der Waals surface area contributed by atoms with Gasteiger partial charge in [0.15, 0.2) is 0 Å². The number of aryl methyl sites for hydroxylation is 1. The molecule has 3 heteroatoms. The molecule has 0 saturated heterocycles. The average Bonchev–Trinajstić information content (AvgIpc) is 2.16. The topological polar surface area (TPSA) is 51.8 Å². The second-order valence-electron chi connectivity index (χ2n) is 4.76. The zero-order valence-corrected chi connectivity index (χ0v) is 9.58. The van der Waals surface area contributed by atoms with Crippen LogP contribution in [0, 0.1) is 5.92 Å². The third-order valence-corrected chi connectivity index (χ3v) is 2.85. The van der Waals surface area contributed by atoms with Crippen molar-refractivity contribution < 1.29 is 0 Å². The van der Waals surface area contributed by atoms with Gasteiger partial charge in [-0.2, -0.15) is 0 Å². The van der Waals surface area contributed by atoms with Gasteiger partial charge >= 0.3 is 0 Å². The van der Waals surface area contributed by atoms with Crippen molar-refractivity contribution in [1.82, 2.24) is 9.97 Å². The molecule has 0 amide bonds. The highest BCUT2D eigenvalue weighted by atomic mass is 15.0. The Morgan fingerprint density at radius 1 is 1.20 bits per heavy atom. The predicted octanol–water partition coefficient (Wildman–Crippen LogP) is 2.14. The Labute approximate surface area is 91.1 Å². The van der Waals surface area contributed by atoms with Crippen LogP contribution >= 0.6 is 0 Å². The second-order valence-corrected chi connectivity index (χ2v) is 4.76. The quantitative estimate of drug-likeness (QED) is 0.804. The lowest BCUT2D eigenvalue weighted by molar-refractivity contribution is 0.603. The van der Waals surface area contributed by atoms with Crippen molar-refractivity contribution in [2.24, 2.45) is 5.92 Å². The van der Waals surface area contributed by atoms with Crippen LogP contribution < -0.4 is 5.73 Å². The maximum atomic E-state index is 5.97. The molecule has 0 aromatic carbocycles. The number of hydrogen-bond donors (Lipinski definition) is 1. The van der Waals surface area contributed by atoms with Crippen LogP contribution in [0.2, 0.25) is 0 Å². The fourth-order valence-electron chi connectivity index (χ4n) is 2.13. The first-order chi connectivity index (χ1) is 7.16. The van der Waals surface area contributed by atoms with Crippen molar-refractivity contribution in [2.45, 2.75) is 46.0 Å². The van der Waals surface area contributed by atoms with E-state index in [1.165, 1.54) is 24.1 Å². The summed E-state index contributed by atoms with van der Waals surface area (Å²) in [4.78, 5) is 9.02. The molecular formula is C12H19N3. The summed E-state index contributed by atoms with van der Waals surface area (Å²) in [7, 11) is 0. The summed E-state index contributed by atoms with van der Waals surface area (Å²) in [5, 5.41) is 0. The van der Waals surface area contributed by atoms with E-state index in [1.54, 1.807) is 0 Å². The molecule has 1 aromatic heterocycles. The second kappa shape index (κ2) is 4.17. The highest BCUT2D eigenvalue weighted by molar-refractivity contribution is 5.43. The Bertz CT molecular complexity index is 358. The molecule has 2 rings (SSSR count). The van der Waals surface area contributed by atoms with Gasteiger partial charge in [-0.25, -0.2) is 9.97 Å². The number of nitrogens with two attached hydrogens (primary N) is 1. The number of rotatable bonds is 2. The minimum Gasteiger partial charge on any atom is -0.383 e. The van der Waals surface area contributed by atoms with E-state index >= 15 is 0 Å². The number of nitrogens with zero attached hydrogens (tertiary/aromatic N) is 2. The highest BCUT2D eigenvalue weighted by Gasteiger charge is 2.16. The number of anilines is 1. The first-order valence-corrected chi connectivity index (χ1v) is 5.81. The maximum Gasteiger partial charge on any atom is 0.131 e. The molecule has 1 aliphatic rings. The fraction of sp³-hybridized carbons (Fsp3) is 0.667. The van der Waals surface area contributed by atoms with Gasteiger partial charge in [-0.1, -0.05) is 13.8 Å². The smallest absolute Gasteiger partial charge is 0.131 e. The van der Waals surface area contributed by atoms with Gasteiger partial charge in [-0.15, -0.1) is 0 Å². The van der Waals surface area contributed by atoms with E-state index in [-0.39, 0.29) is 0 Å². The van der Waals surface area contributed by atoms with E-state index in [2.05, 4.69) is 23.8 Å². The molecule has 0 saturated carbocycles. The summed E-state index contributed by atoms with van der Waals surface area (Å²) in [6.45, 7) is 4.36. The fourth-order valence-corrected chi connectivity index (χ4v) is 2.13. The summed E-state index contributed by atoms with van der Waals surface area (Å²) >= 11 is 0. The highest BCUT2D eigenvalue weighted by Crippen LogP contribution is 2.23. The van der Waals surface area contributed by atoms with Crippen LogP contribution in [0.15, 0.2) is 0 Å². The standard InChI is InChI=1S/C12H19N3/c1-8(2)7-11-14-10-6-4-3-5-9(10)12(13)15-11/h8H,3-7H2,1-2H3,(H2,13,14,15). The van der Waals surface area contributed by atoms with Crippen LogP contribution in [0.1, 0.15) is 43.8 Å². The van der Waals surface area contributed by atoms with E-state index in [0.29, 0.717) is 5.92 Å². The van der Waals surface area contributed by atoms with Gasteiger partial charge in [0.2, 0.25) is 0 Å². The summed E-state index contributed by atoms with van der Waals surface area (Å²) < 4.78 is 0. The van der Waals surface area contributed by atoms with Crippen LogP contribution in [0.5, 0.6) is 0 Å². The Balaban J connectivity index is 2.32. The molecule has 0 bridgehead atoms. The molecule has 82 valence electrons. The lowest BCUT2D eigenvalue weighted by Gasteiger charge is -2.17. The summed E-state index contributed by atoms with van der Waals surface area (Å²) in [6, 6.07) is 0. The van der Waals surface area contributed by atoms with Crippen LogP contribution in [0.25, 0.3) is 0 Å². The maximum absolute atomic E-state index is 5.97. The molecule has 0 spiro atoms. The average molecular weight is 205 g/mol. The zero-order valence-electron chi connectivity index (χ0n) is 9.58. The monoisotopic (exact) mass is 205 g/mol. The van der Waals surface area contributed by atoms with Crippen molar-refractivity contribution in [3.05, 3.63) is 17.1 Å². The van der Waals surface area contributed by atoms with Crippen LogP contribution in [-0.2, 0) is 19.3 Å². The molecule has 1 heterocycles. The van der Waals surface area contributed by atoms with E-state index < -0.39 is 0 Å². The largest absolute Gasteiger partial charge is 0.383 e. The van der Waals surface area contributed by atoms with Crippen molar-refractivity contribution in [1.29, 1.82) is 0 Å². The number of hydrogen-bond acceptors (Lipinski definition) is 3. The van der Waals surface area contributed by atoms with Crippen molar-refractivity contribution in [2.75, 3.05) is 5.73 Å². The molecule has 3 nitrogen and oxygen atoms in total. The van der Waals surface area contributed by atoms with E-state index in [1.807, 2.05) is 0 Å². The third-order valence-electron chi connectivity index (χ3n) is 2.85. The number of fused-ring (bicyclic) bond motifs is 1. The molecule has 15 heavy (non-hydrogen) atoms. The molecule has 0 unspecified atom stereocenters. The van der Waals surface area contributed by atoms with E-state index in [9.17, 15) is 0 Å². The van der Waals surface area contributed by atoms with Crippen LogP contribution in [0.4, 0.5) is 5.82 Å². The van der Waals surface area contributed by atoms with Gasteiger partial charge < -0.3 is 5.73 Å². The Hall–Kier alpha value is -1.12. The molecule has 0 aliphatic heterocycles. The van der Waals surface area contributed by atoms with Crippen LogP contribution in [0.3, 0.4) is 0 Å². The first-order valence-electron chi connectivity index (χ1n) is 5.81. The molecule has 0 radical (unpaired) electrons. The molecule has 0 fully saturated rings. The minimum absolute atomic E-state index is 0.589. The van der Waals surface area contributed by atoms with Crippen molar-refractivity contribution >= 4 is 5.82 Å². The summed E-state index contributed by atoms with van der Waals surface area (Å²) in [6.07, 6.45) is 5.53. The van der Waals surface area contributed by atoms with Crippen LogP contribution in [-0.4, -0.2) is 9.97 Å². The van der Waals surface area contributed by atoms with Gasteiger partial charge in [0, 0.05) is 17.7 Å². The Kier molecular flexibility index (Phi) is 2.89. The molecule has 0 atom stereocenters. The molecular weight excluding hydrogens is 186 g/mol. The summed E-state index contributed by atoms with van der Waals surface area (Å²) in [5.41, 5.74) is 8.37. The minimum atomic E-state index is 0.589. The normalized spacial score (nSPS) is 15.4. The van der Waals surface area contributed by atoms with Crippen molar-refractivity contribution in [3.63, 3.8) is 0 Å². The van der Waals surface area contributed by atoms with Gasteiger partial charge in [0.05, 0.1) is 0 Å². The van der Waals surface area contributed by atoms with Gasteiger partial charge in [-0.3, -0.25) is 0 Å². The van der Waals surface area contributed by atoms with Crippen molar-refractivity contribution in [3.8, 4) is 0 Å². The van der Waals surface area contributed by atoms with Gasteiger partial charge in [0.1, 0.15) is 11.6 Å². The van der Waals surface area contributed by atoms with E-state index in [4.69, 9.17) is 5.73 Å². The third kappa shape index (κ3) is 2.28. The molecule has 1 aliphatic carbocycles. The van der Waals surface area contributed by atoms with Gasteiger partial charge in [-0.05, 0) is 31.6 Å². The number of nitrogen functional groups attached to an aromatic ring is 1. The predicted molar refractivity (Wildman–Crippen MR) is 61.6 cm³/mol. The Morgan fingerprint density at radius 3 is 2.67 bits per heavy atom. The first kappa shape index (κ1) is 10.4. The lowest BCUT2D eigenvalue weighted by atomic mass is 9.96. The molecule has 2 N–H and O–H groups in total. The SMILES string of the molecule is CC(C)Cc1nc(N)c2c(n1)CCCC2. The lowest BCUT2D eigenvalue weighted by Crippen LogP contribution is -2.14.